The molecule has 4 nitrogen and oxygen atoms in total. The highest BCUT2D eigenvalue weighted by Crippen LogP contribution is 2.20. The van der Waals surface area contributed by atoms with Crippen LogP contribution in [0.15, 0.2) is 24.4 Å². The van der Waals surface area contributed by atoms with E-state index in [2.05, 4.69) is 9.72 Å². The van der Waals surface area contributed by atoms with Crippen LogP contribution >= 0.6 is 0 Å². The molecule has 0 unspecified atom stereocenters. The van der Waals surface area contributed by atoms with Crippen LogP contribution in [0.25, 0.3) is 0 Å². The quantitative estimate of drug-likeness (QED) is 0.729. The van der Waals surface area contributed by atoms with Gasteiger partial charge in [-0.15, -0.1) is 0 Å². The molecule has 14 heavy (non-hydrogen) atoms. The summed E-state index contributed by atoms with van der Waals surface area (Å²) in [4.78, 5) is 15.1. The van der Waals surface area contributed by atoms with E-state index in [9.17, 15) is 9.90 Å². The molecule has 1 N–H and O–H groups in total. The van der Waals surface area contributed by atoms with Crippen LogP contribution in [0.4, 0.5) is 0 Å². The Labute approximate surface area is 82.5 Å². The number of hydrogen-bond acceptors (Lipinski definition) is 4. The van der Waals surface area contributed by atoms with E-state index in [-0.39, 0.29) is 0 Å². The van der Waals surface area contributed by atoms with Crippen LogP contribution in [0, 0.1) is 5.92 Å². The number of rotatable bonds is 3. The first-order chi connectivity index (χ1) is 6.66. The van der Waals surface area contributed by atoms with E-state index < -0.39 is 18.0 Å². The van der Waals surface area contributed by atoms with Gasteiger partial charge in [-0.2, -0.15) is 0 Å². The van der Waals surface area contributed by atoms with Gasteiger partial charge in [-0.25, -0.2) is 0 Å². The lowest BCUT2D eigenvalue weighted by Crippen LogP contribution is -2.21. The van der Waals surface area contributed by atoms with Crippen molar-refractivity contribution in [2.24, 2.45) is 5.92 Å². The first-order valence-electron chi connectivity index (χ1n) is 4.33. The lowest BCUT2D eigenvalue weighted by Gasteiger charge is -2.15. The zero-order valence-electron chi connectivity index (χ0n) is 8.18. The average molecular weight is 195 g/mol. The van der Waals surface area contributed by atoms with Crippen molar-refractivity contribution in [3.63, 3.8) is 0 Å². The Morgan fingerprint density at radius 3 is 2.79 bits per heavy atom. The van der Waals surface area contributed by atoms with Crippen molar-refractivity contribution < 1.29 is 14.6 Å². The lowest BCUT2D eigenvalue weighted by atomic mass is 10.0. The number of methoxy groups -OCH3 is 1. The standard InChI is InChI=1S/C10H13NO3/c1-7(10(13)14-2)9(12)8-5-3-4-6-11-8/h3-7,9,12H,1-2H3/t7-,9+/m0/s1. The molecule has 0 spiro atoms. The molecule has 0 fully saturated rings. The van der Waals surface area contributed by atoms with Crippen LogP contribution in [0.1, 0.15) is 18.7 Å². The summed E-state index contributed by atoms with van der Waals surface area (Å²) in [6.45, 7) is 1.60. The minimum absolute atomic E-state index is 0.442. The Balaban J connectivity index is 2.75. The second kappa shape index (κ2) is 4.72. The molecule has 0 aliphatic rings. The van der Waals surface area contributed by atoms with Crippen LogP contribution in [0.5, 0.6) is 0 Å². The predicted octanol–water partition coefficient (Wildman–Crippen LogP) is 0.924. The van der Waals surface area contributed by atoms with Crippen molar-refractivity contribution >= 4 is 5.97 Å². The molecule has 1 aromatic heterocycles. The van der Waals surface area contributed by atoms with Gasteiger partial charge in [-0.05, 0) is 19.1 Å². The van der Waals surface area contributed by atoms with E-state index >= 15 is 0 Å². The van der Waals surface area contributed by atoms with Crippen LogP contribution < -0.4 is 0 Å². The largest absolute Gasteiger partial charge is 0.469 e. The summed E-state index contributed by atoms with van der Waals surface area (Å²) in [6, 6.07) is 5.18. The van der Waals surface area contributed by atoms with Gasteiger partial charge in [-0.3, -0.25) is 9.78 Å². The number of esters is 1. The second-order valence-corrected chi connectivity index (χ2v) is 3.01. The number of aliphatic hydroxyl groups excluding tert-OH is 1. The van der Waals surface area contributed by atoms with Crippen molar-refractivity contribution in [2.75, 3.05) is 7.11 Å². The maximum absolute atomic E-state index is 11.1. The van der Waals surface area contributed by atoms with E-state index in [4.69, 9.17) is 0 Å². The Hall–Kier alpha value is -1.42. The van der Waals surface area contributed by atoms with Gasteiger partial charge < -0.3 is 9.84 Å². The number of nitrogens with zero attached hydrogens (tertiary/aromatic N) is 1. The third-order valence-electron chi connectivity index (χ3n) is 2.04. The van der Waals surface area contributed by atoms with Crippen LogP contribution in [0.3, 0.4) is 0 Å². The fraction of sp³-hybridized carbons (Fsp3) is 0.400. The summed E-state index contributed by atoms with van der Waals surface area (Å²) in [5, 5.41) is 9.73. The van der Waals surface area contributed by atoms with Gasteiger partial charge in [0, 0.05) is 6.20 Å². The summed E-state index contributed by atoms with van der Waals surface area (Å²) in [6.07, 6.45) is 0.659. The SMILES string of the molecule is COC(=O)[C@@H](C)[C@@H](O)c1ccccn1. The van der Waals surface area contributed by atoms with Crippen LogP contribution in [-0.2, 0) is 9.53 Å². The van der Waals surface area contributed by atoms with Crippen molar-refractivity contribution in [3.05, 3.63) is 30.1 Å². The van der Waals surface area contributed by atoms with Crippen LogP contribution in [0.2, 0.25) is 0 Å². The minimum Gasteiger partial charge on any atom is -0.469 e. The molecule has 2 atom stereocenters. The monoisotopic (exact) mass is 195 g/mol. The molecular weight excluding hydrogens is 182 g/mol. The van der Waals surface area contributed by atoms with Crippen LogP contribution in [-0.4, -0.2) is 23.2 Å². The third kappa shape index (κ3) is 2.29. The maximum Gasteiger partial charge on any atom is 0.311 e. The van der Waals surface area contributed by atoms with Gasteiger partial charge >= 0.3 is 5.97 Å². The highest BCUT2D eigenvalue weighted by Gasteiger charge is 2.24. The Morgan fingerprint density at radius 1 is 1.57 bits per heavy atom. The molecule has 1 rings (SSSR count). The molecular formula is C10H13NO3. The number of aromatic nitrogens is 1. The zero-order chi connectivity index (χ0) is 10.6. The van der Waals surface area contributed by atoms with Crippen molar-refractivity contribution in [1.82, 2.24) is 4.98 Å². The number of carbonyl (C=O) groups excluding carboxylic acids is 1. The summed E-state index contributed by atoms with van der Waals surface area (Å²) in [5.74, 6) is -1.04. The Bertz CT molecular complexity index is 299. The topological polar surface area (TPSA) is 59.4 Å². The predicted molar refractivity (Wildman–Crippen MR) is 50.4 cm³/mol. The fourth-order valence-electron chi connectivity index (χ4n) is 1.12. The lowest BCUT2D eigenvalue weighted by molar-refractivity contribution is -0.148. The van der Waals surface area contributed by atoms with Gasteiger partial charge in [0.1, 0.15) is 6.10 Å². The number of pyridine rings is 1. The molecule has 0 amide bonds. The molecule has 0 bridgehead atoms. The fourth-order valence-corrected chi connectivity index (χ4v) is 1.12. The van der Waals surface area contributed by atoms with Gasteiger partial charge in [-0.1, -0.05) is 6.07 Å². The number of carbonyl (C=O) groups is 1. The molecule has 0 radical (unpaired) electrons. The van der Waals surface area contributed by atoms with Gasteiger partial charge in [0.15, 0.2) is 0 Å². The van der Waals surface area contributed by atoms with E-state index in [0.29, 0.717) is 5.69 Å². The van der Waals surface area contributed by atoms with E-state index in [0.717, 1.165) is 0 Å². The maximum atomic E-state index is 11.1. The molecule has 0 aromatic carbocycles. The van der Waals surface area contributed by atoms with E-state index in [1.807, 2.05) is 0 Å². The molecule has 76 valence electrons. The zero-order valence-corrected chi connectivity index (χ0v) is 8.18. The summed E-state index contributed by atoms with van der Waals surface area (Å²) >= 11 is 0. The summed E-state index contributed by atoms with van der Waals surface area (Å²) < 4.78 is 4.53. The Morgan fingerprint density at radius 2 is 2.29 bits per heavy atom. The number of aliphatic hydroxyl groups is 1. The smallest absolute Gasteiger partial charge is 0.311 e. The third-order valence-corrected chi connectivity index (χ3v) is 2.04. The first kappa shape index (κ1) is 10.7. The number of ether oxygens (including phenoxy) is 1. The summed E-state index contributed by atoms with van der Waals surface area (Å²) in [7, 11) is 1.30. The average Bonchev–Trinajstić information content (AvgIpc) is 2.27. The van der Waals surface area contributed by atoms with Gasteiger partial charge in [0.05, 0.1) is 18.7 Å². The van der Waals surface area contributed by atoms with Crippen molar-refractivity contribution in [3.8, 4) is 0 Å². The first-order valence-corrected chi connectivity index (χ1v) is 4.33. The normalized spacial score (nSPS) is 14.5. The van der Waals surface area contributed by atoms with Gasteiger partial charge in [0.2, 0.25) is 0 Å². The van der Waals surface area contributed by atoms with E-state index in [1.54, 1.807) is 31.3 Å². The molecule has 0 saturated carbocycles. The molecule has 0 aliphatic carbocycles. The molecule has 4 heteroatoms. The second-order valence-electron chi connectivity index (χ2n) is 3.01. The number of hydrogen-bond donors (Lipinski definition) is 1. The molecule has 1 heterocycles. The van der Waals surface area contributed by atoms with Crippen molar-refractivity contribution in [2.45, 2.75) is 13.0 Å². The molecule has 1 aromatic rings. The highest BCUT2D eigenvalue weighted by molar-refractivity contribution is 5.72. The van der Waals surface area contributed by atoms with E-state index in [1.165, 1.54) is 7.11 Å². The Kier molecular flexibility index (Phi) is 3.59. The van der Waals surface area contributed by atoms with Crippen molar-refractivity contribution in [1.29, 1.82) is 0 Å². The molecule has 0 aliphatic heterocycles. The minimum atomic E-state index is -0.913. The van der Waals surface area contributed by atoms with Gasteiger partial charge in [0.25, 0.3) is 0 Å². The molecule has 0 saturated heterocycles. The summed E-state index contributed by atoms with van der Waals surface area (Å²) in [5.41, 5.74) is 0.477. The highest BCUT2D eigenvalue weighted by atomic mass is 16.5.